The lowest BCUT2D eigenvalue weighted by atomic mass is 10.2. The van der Waals surface area contributed by atoms with E-state index in [1.807, 2.05) is 0 Å². The standard InChI is InChI=1S/C10H16N.C4H5F5O/c1-11(2,3)9-10-7-5-4-6-8-10;1-3(5,6)2(10)4(7,8)9/h4-8H,9H2,1-3H3;2,10H,1H3/q+1;. The second kappa shape index (κ2) is 7.17. The van der Waals surface area contributed by atoms with Gasteiger partial charge in [-0.3, -0.25) is 0 Å². The molecule has 122 valence electrons. The zero-order chi connectivity index (χ0) is 16.9. The zero-order valence-corrected chi connectivity index (χ0v) is 12.5. The molecular formula is C14H21F5NO+. The Morgan fingerprint density at radius 3 is 1.67 bits per heavy atom. The van der Waals surface area contributed by atoms with Gasteiger partial charge in [0.1, 0.15) is 6.54 Å². The summed E-state index contributed by atoms with van der Waals surface area (Å²) in [6.45, 7) is 1.10. The summed E-state index contributed by atoms with van der Waals surface area (Å²) in [5, 5.41) is 7.85. The van der Waals surface area contributed by atoms with Crippen LogP contribution in [0.1, 0.15) is 12.5 Å². The number of hydrogen-bond donors (Lipinski definition) is 1. The maximum atomic E-state index is 11.6. The molecule has 0 amide bonds. The lowest BCUT2D eigenvalue weighted by Gasteiger charge is -2.23. The largest absolute Gasteiger partial charge is 0.420 e. The number of quaternary nitrogens is 1. The number of rotatable bonds is 3. The van der Waals surface area contributed by atoms with Gasteiger partial charge in [0.15, 0.2) is 0 Å². The summed E-state index contributed by atoms with van der Waals surface area (Å²) < 4.78 is 57.9. The lowest BCUT2D eigenvalue weighted by Crippen LogP contribution is -2.42. The molecule has 1 unspecified atom stereocenters. The van der Waals surface area contributed by atoms with Gasteiger partial charge in [-0.05, 0) is 0 Å². The molecule has 7 heteroatoms. The topological polar surface area (TPSA) is 20.2 Å². The predicted octanol–water partition coefficient (Wildman–Crippen LogP) is 3.46. The second-order valence-corrected chi connectivity index (χ2v) is 5.83. The minimum Gasteiger partial charge on any atom is -0.379 e. The number of aliphatic hydroxyl groups excluding tert-OH is 1. The van der Waals surface area contributed by atoms with Gasteiger partial charge in [-0.2, -0.15) is 13.2 Å². The minimum absolute atomic E-state index is 0.00512. The molecule has 21 heavy (non-hydrogen) atoms. The van der Waals surface area contributed by atoms with Crippen molar-refractivity contribution in [2.24, 2.45) is 0 Å². The second-order valence-electron chi connectivity index (χ2n) is 5.83. The van der Waals surface area contributed by atoms with Gasteiger partial charge in [0, 0.05) is 12.5 Å². The molecule has 0 saturated carbocycles. The molecule has 1 rings (SSSR count). The fraction of sp³-hybridized carbons (Fsp3) is 0.571. The molecular weight excluding hydrogens is 293 g/mol. The highest BCUT2D eigenvalue weighted by Gasteiger charge is 2.51. The van der Waals surface area contributed by atoms with Crippen molar-refractivity contribution in [1.29, 1.82) is 0 Å². The van der Waals surface area contributed by atoms with E-state index in [4.69, 9.17) is 5.11 Å². The highest BCUT2D eigenvalue weighted by molar-refractivity contribution is 5.13. The predicted molar refractivity (Wildman–Crippen MR) is 70.9 cm³/mol. The Hall–Kier alpha value is -1.21. The van der Waals surface area contributed by atoms with Crippen LogP contribution in [0.25, 0.3) is 0 Å². The van der Waals surface area contributed by atoms with Crippen molar-refractivity contribution in [3.8, 4) is 0 Å². The maximum Gasteiger partial charge on any atom is 0.420 e. The molecule has 0 radical (unpaired) electrons. The molecule has 1 aromatic carbocycles. The molecule has 1 N–H and O–H groups in total. The van der Waals surface area contributed by atoms with Crippen LogP contribution in [0.4, 0.5) is 22.0 Å². The van der Waals surface area contributed by atoms with Crippen LogP contribution >= 0.6 is 0 Å². The molecule has 0 aliphatic heterocycles. The first-order valence-corrected chi connectivity index (χ1v) is 6.20. The molecule has 0 saturated heterocycles. The number of benzene rings is 1. The fourth-order valence-corrected chi connectivity index (χ4v) is 1.42. The van der Waals surface area contributed by atoms with Gasteiger partial charge in [0.25, 0.3) is 5.92 Å². The van der Waals surface area contributed by atoms with Crippen LogP contribution in [0.2, 0.25) is 0 Å². The van der Waals surface area contributed by atoms with Crippen LogP contribution in [-0.4, -0.2) is 48.9 Å². The molecule has 0 aliphatic carbocycles. The van der Waals surface area contributed by atoms with Gasteiger partial charge in [-0.1, -0.05) is 30.3 Å². The molecule has 2 nitrogen and oxygen atoms in total. The van der Waals surface area contributed by atoms with Crippen LogP contribution in [0, 0.1) is 0 Å². The first-order chi connectivity index (χ1) is 9.23. The Morgan fingerprint density at radius 2 is 1.43 bits per heavy atom. The number of alkyl halides is 5. The third-order valence-corrected chi connectivity index (χ3v) is 2.29. The van der Waals surface area contributed by atoms with Crippen molar-refractivity contribution in [3.63, 3.8) is 0 Å². The Kier molecular flexibility index (Phi) is 6.76. The molecule has 0 bridgehead atoms. The maximum absolute atomic E-state index is 11.6. The van der Waals surface area contributed by atoms with Crippen molar-refractivity contribution in [1.82, 2.24) is 0 Å². The van der Waals surface area contributed by atoms with Gasteiger partial charge < -0.3 is 9.59 Å². The van der Waals surface area contributed by atoms with Gasteiger partial charge >= 0.3 is 6.18 Å². The molecule has 0 heterocycles. The molecule has 0 aromatic heterocycles. The summed E-state index contributed by atoms with van der Waals surface area (Å²) in [6, 6.07) is 10.6. The van der Waals surface area contributed by atoms with E-state index >= 15 is 0 Å². The molecule has 1 atom stereocenters. The third-order valence-electron chi connectivity index (χ3n) is 2.29. The van der Waals surface area contributed by atoms with Crippen LogP contribution in [0.5, 0.6) is 0 Å². The lowest BCUT2D eigenvalue weighted by molar-refractivity contribution is -0.884. The van der Waals surface area contributed by atoms with Crippen LogP contribution in [-0.2, 0) is 6.54 Å². The van der Waals surface area contributed by atoms with Crippen molar-refractivity contribution in [2.75, 3.05) is 21.1 Å². The van der Waals surface area contributed by atoms with E-state index in [-0.39, 0.29) is 6.92 Å². The highest BCUT2D eigenvalue weighted by atomic mass is 19.4. The van der Waals surface area contributed by atoms with Crippen molar-refractivity contribution in [2.45, 2.75) is 31.7 Å². The first kappa shape index (κ1) is 19.8. The highest BCUT2D eigenvalue weighted by Crippen LogP contribution is 2.31. The van der Waals surface area contributed by atoms with Crippen molar-refractivity contribution < 1.29 is 31.5 Å². The van der Waals surface area contributed by atoms with Gasteiger partial charge in [0.05, 0.1) is 21.1 Å². The van der Waals surface area contributed by atoms with Gasteiger partial charge in [-0.15, -0.1) is 0 Å². The van der Waals surface area contributed by atoms with E-state index in [0.717, 1.165) is 11.0 Å². The molecule has 0 aliphatic rings. The Bertz CT molecular complexity index is 392. The number of halogens is 5. The molecule has 0 spiro atoms. The normalized spacial score (nSPS) is 14.2. The van der Waals surface area contributed by atoms with E-state index in [0.29, 0.717) is 0 Å². The summed E-state index contributed by atoms with van der Waals surface area (Å²) in [5.41, 5.74) is 1.40. The fourth-order valence-electron chi connectivity index (χ4n) is 1.42. The summed E-state index contributed by atoms with van der Waals surface area (Å²) in [7, 11) is 6.60. The molecule has 0 fully saturated rings. The van der Waals surface area contributed by atoms with E-state index in [1.165, 1.54) is 5.56 Å². The summed E-state index contributed by atoms with van der Waals surface area (Å²) >= 11 is 0. The number of hydrogen-bond acceptors (Lipinski definition) is 1. The van der Waals surface area contributed by atoms with E-state index < -0.39 is 18.2 Å². The average Bonchev–Trinajstić information content (AvgIpc) is 2.25. The van der Waals surface area contributed by atoms with Crippen molar-refractivity contribution in [3.05, 3.63) is 35.9 Å². The minimum atomic E-state index is -5.25. The summed E-state index contributed by atoms with van der Waals surface area (Å²) in [4.78, 5) is 0. The Morgan fingerprint density at radius 1 is 1.00 bits per heavy atom. The third kappa shape index (κ3) is 9.36. The van der Waals surface area contributed by atoms with Crippen LogP contribution < -0.4 is 0 Å². The van der Waals surface area contributed by atoms with Crippen LogP contribution in [0.15, 0.2) is 30.3 Å². The zero-order valence-electron chi connectivity index (χ0n) is 12.5. The smallest absolute Gasteiger partial charge is 0.379 e. The Balaban J connectivity index is 0.000000384. The Labute approximate surface area is 121 Å². The quantitative estimate of drug-likeness (QED) is 0.669. The van der Waals surface area contributed by atoms with Gasteiger partial charge in [-0.25, -0.2) is 8.78 Å². The SMILES string of the molecule is CC(F)(F)C(O)C(F)(F)F.C[N+](C)(C)Cc1ccccc1. The first-order valence-electron chi connectivity index (χ1n) is 6.20. The van der Waals surface area contributed by atoms with Crippen molar-refractivity contribution >= 4 is 0 Å². The van der Waals surface area contributed by atoms with E-state index in [2.05, 4.69) is 51.5 Å². The van der Waals surface area contributed by atoms with E-state index in [9.17, 15) is 22.0 Å². The summed E-state index contributed by atoms with van der Waals surface area (Å²) in [6.07, 6.45) is -8.82. The average molecular weight is 314 g/mol. The van der Waals surface area contributed by atoms with Gasteiger partial charge in [0.2, 0.25) is 6.10 Å². The molecule has 1 aromatic rings. The number of nitrogens with zero attached hydrogens (tertiary/aromatic N) is 1. The number of aliphatic hydroxyl groups is 1. The van der Waals surface area contributed by atoms with Crippen LogP contribution in [0.3, 0.4) is 0 Å². The van der Waals surface area contributed by atoms with E-state index in [1.54, 1.807) is 0 Å². The summed E-state index contributed by atoms with van der Waals surface area (Å²) in [5.74, 6) is -4.13. The monoisotopic (exact) mass is 314 g/mol.